The van der Waals surface area contributed by atoms with Gasteiger partial charge in [0.15, 0.2) is 0 Å². The fourth-order valence-corrected chi connectivity index (χ4v) is 1.95. The molecule has 1 fully saturated rings. The van der Waals surface area contributed by atoms with Crippen LogP contribution in [-0.4, -0.2) is 31.7 Å². The summed E-state index contributed by atoms with van der Waals surface area (Å²) in [5.41, 5.74) is 5.19. The highest BCUT2D eigenvalue weighted by Gasteiger charge is 2.16. The zero-order valence-corrected chi connectivity index (χ0v) is 9.50. The lowest BCUT2D eigenvalue weighted by molar-refractivity contribution is -0.129. The third-order valence-corrected chi connectivity index (χ3v) is 2.93. The summed E-state index contributed by atoms with van der Waals surface area (Å²) in [6, 6.07) is 0. The summed E-state index contributed by atoms with van der Waals surface area (Å²) in [7, 11) is 0. The molecule has 0 aromatic heterocycles. The van der Waals surface area contributed by atoms with Gasteiger partial charge in [-0.15, -0.1) is 0 Å². The predicted octanol–water partition coefficient (Wildman–Crippen LogP) is 0.657. The van der Waals surface area contributed by atoms with Gasteiger partial charge >= 0.3 is 0 Å². The Morgan fingerprint density at radius 3 is 3.00 bits per heavy atom. The fourth-order valence-electron chi connectivity index (χ4n) is 1.95. The van der Waals surface area contributed by atoms with E-state index in [0.29, 0.717) is 18.9 Å². The molecule has 4 heteroatoms. The van der Waals surface area contributed by atoms with E-state index in [9.17, 15) is 4.79 Å². The molecule has 1 amide bonds. The van der Waals surface area contributed by atoms with Crippen molar-refractivity contribution < 1.29 is 9.53 Å². The predicted molar refractivity (Wildman–Crippen MR) is 59.4 cm³/mol. The minimum absolute atomic E-state index is 0.348. The van der Waals surface area contributed by atoms with E-state index in [0.717, 1.165) is 19.5 Å². The lowest BCUT2D eigenvalue weighted by Crippen LogP contribution is -2.33. The highest BCUT2D eigenvalue weighted by Crippen LogP contribution is 2.14. The van der Waals surface area contributed by atoms with Crippen molar-refractivity contribution in [1.29, 1.82) is 0 Å². The molecule has 0 bridgehead atoms. The van der Waals surface area contributed by atoms with Crippen LogP contribution in [0.2, 0.25) is 0 Å². The Labute approximate surface area is 91.5 Å². The minimum atomic E-state index is -0.401. The highest BCUT2D eigenvalue weighted by molar-refractivity contribution is 5.78. The number of ether oxygens (including phenoxy) is 1. The molecule has 1 rings (SSSR count). The second kappa shape index (κ2) is 6.80. The van der Waals surface area contributed by atoms with E-state index in [1.165, 1.54) is 12.8 Å². The number of hydrogen-bond acceptors (Lipinski definition) is 3. The van der Waals surface area contributed by atoms with Gasteiger partial charge in [-0.2, -0.15) is 0 Å². The summed E-state index contributed by atoms with van der Waals surface area (Å²) < 4.78 is 5.45. The number of hydrogen-bond donors (Lipinski definition) is 2. The fraction of sp³-hybridized carbons (Fsp3) is 0.909. The summed E-state index contributed by atoms with van der Waals surface area (Å²) in [5.74, 6) is 0.350. The van der Waals surface area contributed by atoms with Crippen LogP contribution in [0.5, 0.6) is 0 Å². The number of rotatable bonds is 6. The first-order valence-corrected chi connectivity index (χ1v) is 5.85. The third-order valence-electron chi connectivity index (χ3n) is 2.93. The molecule has 1 saturated heterocycles. The third kappa shape index (κ3) is 4.62. The molecule has 1 heterocycles. The van der Waals surface area contributed by atoms with E-state index in [2.05, 4.69) is 5.32 Å². The van der Waals surface area contributed by atoms with Crippen LogP contribution >= 0.6 is 0 Å². The molecule has 2 atom stereocenters. The quantitative estimate of drug-likeness (QED) is 0.682. The monoisotopic (exact) mass is 214 g/mol. The van der Waals surface area contributed by atoms with Gasteiger partial charge in [-0.25, -0.2) is 0 Å². The number of nitrogens with one attached hydrogen (secondary N) is 1. The van der Waals surface area contributed by atoms with Gasteiger partial charge in [0.2, 0.25) is 5.91 Å². The van der Waals surface area contributed by atoms with Gasteiger partial charge in [-0.05, 0) is 44.7 Å². The summed E-state index contributed by atoms with van der Waals surface area (Å²) in [5, 5.41) is 3.36. The van der Waals surface area contributed by atoms with Gasteiger partial charge in [0.25, 0.3) is 0 Å². The van der Waals surface area contributed by atoms with Crippen molar-refractivity contribution in [2.24, 2.45) is 11.7 Å². The summed E-state index contributed by atoms with van der Waals surface area (Å²) >= 11 is 0. The normalized spacial score (nSPS) is 23.7. The van der Waals surface area contributed by atoms with Crippen LogP contribution in [0.4, 0.5) is 0 Å². The Balaban J connectivity index is 2.11. The van der Waals surface area contributed by atoms with Gasteiger partial charge in [0.1, 0.15) is 6.10 Å². The lowest BCUT2D eigenvalue weighted by atomic mass is 9.97. The molecule has 0 aliphatic carbocycles. The van der Waals surface area contributed by atoms with Gasteiger partial charge in [-0.1, -0.05) is 6.92 Å². The first kappa shape index (κ1) is 12.5. The van der Waals surface area contributed by atoms with Crippen LogP contribution in [0.25, 0.3) is 0 Å². The van der Waals surface area contributed by atoms with Crippen molar-refractivity contribution in [3.05, 3.63) is 0 Å². The van der Waals surface area contributed by atoms with Crippen LogP contribution < -0.4 is 11.1 Å². The number of carbonyl (C=O) groups excluding carboxylic acids is 1. The summed E-state index contributed by atoms with van der Waals surface area (Å²) in [6.45, 7) is 4.78. The Morgan fingerprint density at radius 1 is 1.67 bits per heavy atom. The van der Waals surface area contributed by atoms with Gasteiger partial charge in [0.05, 0.1) is 0 Å². The summed E-state index contributed by atoms with van der Waals surface area (Å²) in [4.78, 5) is 10.9. The van der Waals surface area contributed by atoms with Crippen molar-refractivity contribution in [2.45, 2.75) is 38.7 Å². The number of piperidine rings is 1. The van der Waals surface area contributed by atoms with Crippen molar-refractivity contribution in [3.8, 4) is 0 Å². The molecule has 0 saturated carbocycles. The van der Waals surface area contributed by atoms with Crippen LogP contribution in [0.15, 0.2) is 0 Å². The second-order valence-electron chi connectivity index (χ2n) is 4.17. The minimum Gasteiger partial charge on any atom is -0.368 e. The van der Waals surface area contributed by atoms with Crippen LogP contribution in [0.3, 0.4) is 0 Å². The van der Waals surface area contributed by atoms with E-state index in [4.69, 9.17) is 10.5 Å². The maximum Gasteiger partial charge on any atom is 0.246 e. The van der Waals surface area contributed by atoms with Crippen molar-refractivity contribution >= 4 is 5.91 Å². The molecule has 2 unspecified atom stereocenters. The maximum absolute atomic E-state index is 10.9. The SMILES string of the molecule is CCC(OCCC1CCCNC1)C(N)=O. The molecule has 0 radical (unpaired) electrons. The van der Waals surface area contributed by atoms with Crippen LogP contribution in [-0.2, 0) is 9.53 Å². The van der Waals surface area contributed by atoms with Crippen molar-refractivity contribution in [2.75, 3.05) is 19.7 Å². The van der Waals surface area contributed by atoms with Gasteiger partial charge in [-0.3, -0.25) is 4.79 Å². The zero-order valence-electron chi connectivity index (χ0n) is 9.50. The largest absolute Gasteiger partial charge is 0.368 e. The number of amides is 1. The Bertz CT molecular complexity index is 191. The molecule has 0 aromatic rings. The number of nitrogens with two attached hydrogens (primary N) is 1. The number of carbonyl (C=O) groups is 1. The standard InChI is InChI=1S/C11H22N2O2/c1-2-10(11(12)14)15-7-5-9-4-3-6-13-8-9/h9-10,13H,2-8H2,1H3,(H2,12,14). The Kier molecular flexibility index (Phi) is 5.65. The Hall–Kier alpha value is -0.610. The highest BCUT2D eigenvalue weighted by atomic mass is 16.5. The molecular weight excluding hydrogens is 192 g/mol. The second-order valence-corrected chi connectivity index (χ2v) is 4.17. The van der Waals surface area contributed by atoms with E-state index >= 15 is 0 Å². The van der Waals surface area contributed by atoms with E-state index in [-0.39, 0.29) is 5.91 Å². The summed E-state index contributed by atoms with van der Waals surface area (Å²) in [6.07, 6.45) is 3.80. The molecule has 1 aliphatic heterocycles. The topological polar surface area (TPSA) is 64.3 Å². The van der Waals surface area contributed by atoms with Crippen LogP contribution in [0.1, 0.15) is 32.6 Å². The molecular formula is C11H22N2O2. The van der Waals surface area contributed by atoms with E-state index in [1.807, 2.05) is 6.92 Å². The molecule has 3 N–H and O–H groups in total. The number of primary amides is 1. The van der Waals surface area contributed by atoms with Crippen molar-refractivity contribution in [1.82, 2.24) is 5.32 Å². The average molecular weight is 214 g/mol. The van der Waals surface area contributed by atoms with Gasteiger partial charge in [0, 0.05) is 6.61 Å². The average Bonchev–Trinajstić information content (AvgIpc) is 2.25. The molecule has 15 heavy (non-hydrogen) atoms. The van der Waals surface area contributed by atoms with E-state index < -0.39 is 6.10 Å². The van der Waals surface area contributed by atoms with Crippen molar-refractivity contribution in [3.63, 3.8) is 0 Å². The molecule has 1 aliphatic rings. The zero-order chi connectivity index (χ0) is 11.1. The smallest absolute Gasteiger partial charge is 0.246 e. The van der Waals surface area contributed by atoms with Crippen LogP contribution in [0, 0.1) is 5.92 Å². The molecule has 0 aromatic carbocycles. The molecule has 4 nitrogen and oxygen atoms in total. The molecule has 0 spiro atoms. The maximum atomic E-state index is 10.9. The van der Waals surface area contributed by atoms with Gasteiger partial charge < -0.3 is 15.8 Å². The first-order valence-electron chi connectivity index (χ1n) is 5.85. The molecule has 88 valence electrons. The van der Waals surface area contributed by atoms with E-state index in [1.54, 1.807) is 0 Å². The Morgan fingerprint density at radius 2 is 2.47 bits per heavy atom. The first-order chi connectivity index (χ1) is 7.24. The lowest BCUT2D eigenvalue weighted by Gasteiger charge is -2.23.